The van der Waals surface area contributed by atoms with E-state index in [0.29, 0.717) is 22.5 Å². The Labute approximate surface area is 128 Å². The predicted molar refractivity (Wildman–Crippen MR) is 82.0 cm³/mol. The van der Waals surface area contributed by atoms with Crippen molar-refractivity contribution in [3.05, 3.63) is 23.8 Å². The number of hydrogen-bond acceptors (Lipinski definition) is 3. The third-order valence-electron chi connectivity index (χ3n) is 3.85. The van der Waals surface area contributed by atoms with E-state index in [9.17, 15) is 4.79 Å². The molecule has 0 aromatic heterocycles. The predicted octanol–water partition coefficient (Wildman–Crippen LogP) is 3.00. The van der Waals surface area contributed by atoms with Crippen molar-refractivity contribution in [2.75, 3.05) is 26.1 Å². The summed E-state index contributed by atoms with van der Waals surface area (Å²) < 4.78 is 10.4. The van der Waals surface area contributed by atoms with Crippen molar-refractivity contribution >= 4 is 21.8 Å². The summed E-state index contributed by atoms with van der Waals surface area (Å²) in [6.07, 6.45) is 3.51. The molecule has 0 bridgehead atoms. The molecule has 1 aliphatic carbocycles. The highest BCUT2D eigenvalue weighted by molar-refractivity contribution is 9.09. The molecule has 1 aromatic rings. The standard InChI is InChI=1S/C15H20BrNO3/c1-19-12-4-3-11(9-13(12)20-2)14(18)17-10-15(5-6-15)7-8-16/h3-4,9H,5-8,10H2,1-2H3,(H,17,18). The molecule has 1 N–H and O–H groups in total. The number of hydrogen-bond donors (Lipinski definition) is 1. The number of rotatable bonds is 7. The van der Waals surface area contributed by atoms with Gasteiger partial charge in [-0.2, -0.15) is 0 Å². The molecule has 20 heavy (non-hydrogen) atoms. The average molecular weight is 342 g/mol. The van der Waals surface area contributed by atoms with E-state index in [1.165, 1.54) is 12.8 Å². The molecule has 1 saturated carbocycles. The summed E-state index contributed by atoms with van der Waals surface area (Å²) in [5.74, 6) is 1.13. The molecule has 1 aromatic carbocycles. The van der Waals surface area contributed by atoms with Gasteiger partial charge in [0.15, 0.2) is 11.5 Å². The van der Waals surface area contributed by atoms with Crippen LogP contribution in [0.1, 0.15) is 29.6 Å². The van der Waals surface area contributed by atoms with Gasteiger partial charge in [-0.25, -0.2) is 0 Å². The second-order valence-electron chi connectivity index (χ2n) is 5.19. The van der Waals surface area contributed by atoms with Crippen LogP contribution in [0.15, 0.2) is 18.2 Å². The maximum absolute atomic E-state index is 12.2. The molecule has 1 amide bonds. The van der Waals surface area contributed by atoms with Gasteiger partial charge in [-0.05, 0) is 42.9 Å². The van der Waals surface area contributed by atoms with Crippen LogP contribution in [0.25, 0.3) is 0 Å². The zero-order chi connectivity index (χ0) is 14.6. The lowest BCUT2D eigenvalue weighted by molar-refractivity contribution is 0.0944. The first kappa shape index (κ1) is 15.2. The first-order valence-corrected chi connectivity index (χ1v) is 7.82. The molecule has 4 nitrogen and oxygen atoms in total. The van der Waals surface area contributed by atoms with Gasteiger partial charge in [0, 0.05) is 17.4 Å². The molecule has 0 spiro atoms. The van der Waals surface area contributed by atoms with Gasteiger partial charge in [0.25, 0.3) is 5.91 Å². The lowest BCUT2D eigenvalue weighted by atomic mass is 10.0. The molecule has 0 saturated heterocycles. The van der Waals surface area contributed by atoms with Gasteiger partial charge < -0.3 is 14.8 Å². The van der Waals surface area contributed by atoms with E-state index >= 15 is 0 Å². The SMILES string of the molecule is COc1ccc(C(=O)NCC2(CCBr)CC2)cc1OC. The summed E-state index contributed by atoms with van der Waals surface area (Å²) in [5, 5.41) is 4.00. The molecule has 1 fully saturated rings. The highest BCUT2D eigenvalue weighted by atomic mass is 79.9. The number of alkyl halides is 1. The maximum Gasteiger partial charge on any atom is 0.251 e. The molecule has 0 unspecified atom stereocenters. The van der Waals surface area contributed by atoms with Gasteiger partial charge in [0.2, 0.25) is 0 Å². The van der Waals surface area contributed by atoms with Crippen LogP contribution in [0.4, 0.5) is 0 Å². The number of benzene rings is 1. The monoisotopic (exact) mass is 341 g/mol. The van der Waals surface area contributed by atoms with Crippen molar-refractivity contribution in [3.63, 3.8) is 0 Å². The minimum Gasteiger partial charge on any atom is -0.493 e. The summed E-state index contributed by atoms with van der Waals surface area (Å²) >= 11 is 3.47. The lowest BCUT2D eigenvalue weighted by Crippen LogP contribution is -2.30. The van der Waals surface area contributed by atoms with Crippen LogP contribution in [-0.4, -0.2) is 32.0 Å². The second kappa shape index (κ2) is 6.48. The Morgan fingerprint density at radius 2 is 2.00 bits per heavy atom. The summed E-state index contributed by atoms with van der Waals surface area (Å²) in [6, 6.07) is 5.21. The van der Waals surface area contributed by atoms with Crippen molar-refractivity contribution in [1.29, 1.82) is 0 Å². The molecule has 110 valence electrons. The van der Waals surface area contributed by atoms with Crippen molar-refractivity contribution in [3.8, 4) is 11.5 Å². The molecule has 1 aliphatic rings. The lowest BCUT2D eigenvalue weighted by Gasteiger charge is -2.15. The van der Waals surface area contributed by atoms with Gasteiger partial charge in [-0.1, -0.05) is 15.9 Å². The van der Waals surface area contributed by atoms with Crippen LogP contribution >= 0.6 is 15.9 Å². The van der Waals surface area contributed by atoms with E-state index < -0.39 is 0 Å². The van der Waals surface area contributed by atoms with Crippen molar-refractivity contribution in [1.82, 2.24) is 5.32 Å². The van der Waals surface area contributed by atoms with Crippen molar-refractivity contribution < 1.29 is 14.3 Å². The number of ether oxygens (including phenoxy) is 2. The van der Waals surface area contributed by atoms with E-state index in [-0.39, 0.29) is 5.91 Å². The summed E-state index contributed by atoms with van der Waals surface area (Å²) in [7, 11) is 3.14. The Kier molecular flexibility index (Phi) is 4.91. The highest BCUT2D eigenvalue weighted by Crippen LogP contribution is 2.48. The van der Waals surface area contributed by atoms with Crippen LogP contribution < -0.4 is 14.8 Å². The molecular formula is C15H20BrNO3. The van der Waals surface area contributed by atoms with Gasteiger partial charge in [-0.15, -0.1) is 0 Å². The zero-order valence-electron chi connectivity index (χ0n) is 11.9. The normalized spacial score (nSPS) is 15.6. The average Bonchev–Trinajstić information content (AvgIpc) is 3.24. The first-order valence-electron chi connectivity index (χ1n) is 6.70. The summed E-state index contributed by atoms with van der Waals surface area (Å²) in [5.41, 5.74) is 0.910. The van der Waals surface area contributed by atoms with E-state index in [4.69, 9.17) is 9.47 Å². The Bertz CT molecular complexity index is 486. The van der Waals surface area contributed by atoms with Crippen LogP contribution in [0.2, 0.25) is 0 Å². The van der Waals surface area contributed by atoms with Gasteiger partial charge in [-0.3, -0.25) is 4.79 Å². The van der Waals surface area contributed by atoms with E-state index in [2.05, 4.69) is 21.2 Å². The largest absolute Gasteiger partial charge is 0.493 e. The fraction of sp³-hybridized carbons (Fsp3) is 0.533. The fourth-order valence-electron chi connectivity index (χ4n) is 2.24. The number of carbonyl (C=O) groups is 1. The third kappa shape index (κ3) is 3.45. The number of carbonyl (C=O) groups excluding carboxylic acids is 1. The van der Waals surface area contributed by atoms with E-state index in [1.54, 1.807) is 32.4 Å². The minimum absolute atomic E-state index is 0.0631. The molecule has 0 atom stereocenters. The van der Waals surface area contributed by atoms with Crippen LogP contribution in [0.3, 0.4) is 0 Å². The Hall–Kier alpha value is -1.23. The third-order valence-corrected chi connectivity index (χ3v) is 4.25. The molecule has 5 heteroatoms. The number of methoxy groups -OCH3 is 2. The minimum atomic E-state index is -0.0631. The highest BCUT2D eigenvalue weighted by Gasteiger charge is 2.41. The number of halogens is 1. The number of nitrogens with one attached hydrogen (secondary N) is 1. The van der Waals surface area contributed by atoms with Crippen LogP contribution in [0, 0.1) is 5.41 Å². The van der Waals surface area contributed by atoms with E-state index in [1.807, 2.05) is 0 Å². The fourth-order valence-corrected chi connectivity index (χ4v) is 3.08. The number of amides is 1. The topological polar surface area (TPSA) is 47.6 Å². The van der Waals surface area contributed by atoms with Gasteiger partial charge in [0.05, 0.1) is 14.2 Å². The smallest absolute Gasteiger partial charge is 0.251 e. The maximum atomic E-state index is 12.2. The Morgan fingerprint density at radius 1 is 1.30 bits per heavy atom. The zero-order valence-corrected chi connectivity index (χ0v) is 13.5. The molecule has 0 aliphatic heterocycles. The summed E-state index contributed by atoms with van der Waals surface area (Å²) in [4.78, 5) is 12.2. The molecule has 0 heterocycles. The van der Waals surface area contributed by atoms with Crippen LogP contribution in [0.5, 0.6) is 11.5 Å². The Morgan fingerprint density at radius 3 is 2.55 bits per heavy atom. The molecule has 0 radical (unpaired) electrons. The molecular weight excluding hydrogens is 322 g/mol. The first-order chi connectivity index (χ1) is 9.64. The van der Waals surface area contributed by atoms with E-state index in [0.717, 1.165) is 18.3 Å². The van der Waals surface area contributed by atoms with Crippen molar-refractivity contribution in [2.24, 2.45) is 5.41 Å². The quantitative estimate of drug-likeness (QED) is 0.775. The van der Waals surface area contributed by atoms with Gasteiger partial charge >= 0.3 is 0 Å². The van der Waals surface area contributed by atoms with Gasteiger partial charge in [0.1, 0.15) is 0 Å². The Balaban J connectivity index is 1.99. The van der Waals surface area contributed by atoms with Crippen molar-refractivity contribution in [2.45, 2.75) is 19.3 Å². The second-order valence-corrected chi connectivity index (χ2v) is 5.98. The summed E-state index contributed by atoms with van der Waals surface area (Å²) in [6.45, 7) is 0.742. The molecule has 2 rings (SSSR count). The van der Waals surface area contributed by atoms with Crippen LogP contribution in [-0.2, 0) is 0 Å².